The maximum atomic E-state index is 6.60. The van der Waals surface area contributed by atoms with Crippen molar-refractivity contribution in [3.8, 4) is 22.3 Å². The molecule has 0 radical (unpaired) electrons. The van der Waals surface area contributed by atoms with E-state index in [9.17, 15) is 0 Å². The standard InChI is InChI=1S/C31H21ClN2/c32-25-15-5-6-17-27(25)34-28-18-8-14-24-30(28)20-10-2-4-12-22(20)31(24)21-11-3-1-9-19(21)29-23(31)13-7-16-26(29)33/h1-18,34H,33H2. The molecule has 5 aromatic rings. The minimum Gasteiger partial charge on any atom is -0.398 e. The Morgan fingerprint density at radius 3 is 1.79 bits per heavy atom. The topological polar surface area (TPSA) is 38.0 Å². The zero-order valence-corrected chi connectivity index (χ0v) is 19.1. The number of hydrogen-bond acceptors (Lipinski definition) is 2. The monoisotopic (exact) mass is 456 g/mol. The van der Waals surface area contributed by atoms with E-state index >= 15 is 0 Å². The number of nitrogens with two attached hydrogens (primary N) is 1. The van der Waals surface area contributed by atoms with E-state index in [1.54, 1.807) is 0 Å². The Kier molecular flexibility index (Phi) is 4.00. The van der Waals surface area contributed by atoms with E-state index in [0.717, 1.165) is 22.6 Å². The summed E-state index contributed by atoms with van der Waals surface area (Å²) >= 11 is 6.52. The van der Waals surface area contributed by atoms with Crippen LogP contribution in [0.4, 0.5) is 17.1 Å². The van der Waals surface area contributed by atoms with Crippen molar-refractivity contribution in [3.05, 3.63) is 136 Å². The van der Waals surface area contributed by atoms with Gasteiger partial charge in [-0.2, -0.15) is 0 Å². The van der Waals surface area contributed by atoms with Crippen molar-refractivity contribution in [2.75, 3.05) is 11.1 Å². The molecule has 0 aromatic heterocycles. The highest BCUT2D eigenvalue weighted by molar-refractivity contribution is 6.33. The molecule has 2 aliphatic rings. The zero-order valence-electron chi connectivity index (χ0n) is 18.3. The maximum absolute atomic E-state index is 6.60. The summed E-state index contributed by atoms with van der Waals surface area (Å²) in [4.78, 5) is 0. The lowest BCUT2D eigenvalue weighted by molar-refractivity contribution is 0.794. The normalized spacial score (nSPS) is 16.6. The van der Waals surface area contributed by atoms with Crippen molar-refractivity contribution in [2.45, 2.75) is 5.41 Å². The molecule has 34 heavy (non-hydrogen) atoms. The first-order valence-corrected chi connectivity index (χ1v) is 11.8. The second-order valence-corrected chi connectivity index (χ2v) is 9.35. The SMILES string of the molecule is Nc1cccc2c1-c1ccccc1C21c2ccccc2-c2c(Nc3ccccc3Cl)cccc21. The van der Waals surface area contributed by atoms with Gasteiger partial charge >= 0.3 is 0 Å². The fourth-order valence-corrected chi connectivity index (χ4v) is 6.26. The van der Waals surface area contributed by atoms with Gasteiger partial charge in [0.05, 0.1) is 16.1 Å². The molecule has 0 saturated heterocycles. The Labute approximate surface area is 203 Å². The molecule has 3 heteroatoms. The molecule has 3 N–H and O–H groups in total. The summed E-state index contributed by atoms with van der Waals surface area (Å²) in [5.74, 6) is 0. The number of nitrogens with one attached hydrogen (secondary N) is 1. The van der Waals surface area contributed by atoms with Crippen LogP contribution < -0.4 is 11.1 Å². The molecule has 1 spiro atoms. The summed E-state index contributed by atoms with van der Waals surface area (Å²) in [5.41, 5.74) is 18.8. The molecule has 0 heterocycles. The van der Waals surface area contributed by atoms with Crippen molar-refractivity contribution in [1.29, 1.82) is 0 Å². The van der Waals surface area contributed by atoms with Gasteiger partial charge in [-0.25, -0.2) is 0 Å². The van der Waals surface area contributed by atoms with Crippen LogP contribution in [0.1, 0.15) is 22.3 Å². The van der Waals surface area contributed by atoms with Crippen LogP contribution in [0.3, 0.4) is 0 Å². The molecular formula is C31H21ClN2. The Morgan fingerprint density at radius 2 is 1.06 bits per heavy atom. The van der Waals surface area contributed by atoms with Crippen molar-refractivity contribution in [1.82, 2.24) is 0 Å². The van der Waals surface area contributed by atoms with Crippen LogP contribution in [0.25, 0.3) is 22.3 Å². The van der Waals surface area contributed by atoms with Gasteiger partial charge in [-0.3, -0.25) is 0 Å². The summed E-state index contributed by atoms with van der Waals surface area (Å²) < 4.78 is 0. The highest BCUT2D eigenvalue weighted by Gasteiger charge is 2.52. The van der Waals surface area contributed by atoms with E-state index in [-0.39, 0.29) is 0 Å². The van der Waals surface area contributed by atoms with E-state index in [0.29, 0.717) is 5.02 Å². The van der Waals surface area contributed by atoms with Gasteiger partial charge in [0.15, 0.2) is 0 Å². The van der Waals surface area contributed by atoms with Crippen molar-refractivity contribution in [2.24, 2.45) is 0 Å². The second-order valence-electron chi connectivity index (χ2n) is 8.94. The van der Waals surface area contributed by atoms with E-state index < -0.39 is 5.41 Å². The molecule has 5 aromatic carbocycles. The Morgan fingerprint density at radius 1 is 0.529 bits per heavy atom. The molecule has 1 unspecified atom stereocenters. The van der Waals surface area contributed by atoms with E-state index in [1.165, 1.54) is 38.9 Å². The summed E-state index contributed by atoms with van der Waals surface area (Å²) in [7, 11) is 0. The second kappa shape index (κ2) is 6.99. The maximum Gasteiger partial charge on any atom is 0.0727 e. The molecule has 162 valence electrons. The first kappa shape index (κ1) is 19.5. The van der Waals surface area contributed by atoms with Gasteiger partial charge in [0.25, 0.3) is 0 Å². The number of hydrogen-bond donors (Lipinski definition) is 2. The number of rotatable bonds is 2. The van der Waals surface area contributed by atoms with E-state index in [4.69, 9.17) is 17.3 Å². The zero-order chi connectivity index (χ0) is 22.9. The molecular weight excluding hydrogens is 436 g/mol. The number of benzene rings is 5. The van der Waals surface area contributed by atoms with Crippen LogP contribution >= 0.6 is 11.6 Å². The molecule has 0 saturated carbocycles. The summed E-state index contributed by atoms with van der Waals surface area (Å²) in [6, 6.07) is 38.2. The largest absolute Gasteiger partial charge is 0.398 e. The lowest BCUT2D eigenvalue weighted by Gasteiger charge is -2.30. The van der Waals surface area contributed by atoms with Gasteiger partial charge in [0, 0.05) is 22.5 Å². The summed E-state index contributed by atoms with van der Waals surface area (Å²) in [6.45, 7) is 0. The minimum absolute atomic E-state index is 0.411. The molecule has 2 aliphatic carbocycles. The first-order chi connectivity index (χ1) is 16.7. The Bertz CT molecular complexity index is 1620. The average molecular weight is 457 g/mol. The Balaban J connectivity index is 1.59. The highest BCUT2D eigenvalue weighted by atomic mass is 35.5. The lowest BCUT2D eigenvalue weighted by Crippen LogP contribution is -2.25. The van der Waals surface area contributed by atoms with Gasteiger partial charge in [-0.15, -0.1) is 0 Å². The molecule has 0 amide bonds. The van der Waals surface area contributed by atoms with E-state index in [2.05, 4.69) is 84.2 Å². The number of anilines is 3. The van der Waals surface area contributed by atoms with Crippen LogP contribution in [-0.2, 0) is 5.41 Å². The number of para-hydroxylation sites is 1. The number of halogens is 1. The van der Waals surface area contributed by atoms with Crippen molar-refractivity contribution < 1.29 is 0 Å². The molecule has 1 atom stereocenters. The third-order valence-corrected chi connectivity index (χ3v) is 7.64. The molecule has 0 bridgehead atoms. The number of nitrogen functional groups attached to an aromatic ring is 1. The highest BCUT2D eigenvalue weighted by Crippen LogP contribution is 2.64. The van der Waals surface area contributed by atoms with E-state index in [1.807, 2.05) is 30.3 Å². The van der Waals surface area contributed by atoms with Crippen molar-refractivity contribution in [3.63, 3.8) is 0 Å². The predicted molar refractivity (Wildman–Crippen MR) is 142 cm³/mol. The molecule has 0 fully saturated rings. The third kappa shape index (κ3) is 2.36. The van der Waals surface area contributed by atoms with Crippen LogP contribution in [0.5, 0.6) is 0 Å². The van der Waals surface area contributed by atoms with Gasteiger partial charge in [0.1, 0.15) is 0 Å². The van der Waals surface area contributed by atoms with Crippen LogP contribution in [0, 0.1) is 0 Å². The minimum atomic E-state index is -0.411. The van der Waals surface area contributed by atoms with Crippen LogP contribution in [0.2, 0.25) is 5.02 Å². The quantitative estimate of drug-likeness (QED) is 0.258. The fourth-order valence-electron chi connectivity index (χ4n) is 6.08. The van der Waals surface area contributed by atoms with Gasteiger partial charge in [-0.05, 0) is 57.6 Å². The van der Waals surface area contributed by atoms with Crippen molar-refractivity contribution >= 4 is 28.7 Å². The van der Waals surface area contributed by atoms with Gasteiger partial charge < -0.3 is 11.1 Å². The Hall–Kier alpha value is -4.01. The van der Waals surface area contributed by atoms with Gasteiger partial charge in [-0.1, -0.05) is 96.5 Å². The molecule has 7 rings (SSSR count). The summed E-state index contributed by atoms with van der Waals surface area (Å²) in [6.07, 6.45) is 0. The molecule has 0 aliphatic heterocycles. The average Bonchev–Trinajstić information content (AvgIpc) is 3.34. The van der Waals surface area contributed by atoms with Crippen LogP contribution in [-0.4, -0.2) is 0 Å². The third-order valence-electron chi connectivity index (χ3n) is 7.31. The van der Waals surface area contributed by atoms with Crippen LogP contribution in [0.15, 0.2) is 109 Å². The fraction of sp³-hybridized carbons (Fsp3) is 0.0323. The summed E-state index contributed by atoms with van der Waals surface area (Å²) in [5, 5.41) is 4.32. The number of fused-ring (bicyclic) bond motifs is 10. The smallest absolute Gasteiger partial charge is 0.0727 e. The predicted octanol–water partition coefficient (Wildman–Crippen LogP) is 8.01. The first-order valence-electron chi connectivity index (χ1n) is 11.4. The lowest BCUT2D eigenvalue weighted by atomic mass is 9.70. The van der Waals surface area contributed by atoms with Gasteiger partial charge in [0.2, 0.25) is 0 Å². The molecule has 2 nitrogen and oxygen atoms in total.